The number of imidazole rings is 1. The first-order valence-corrected chi connectivity index (χ1v) is 9.71. The Morgan fingerprint density at radius 1 is 1.24 bits per heavy atom. The van der Waals surface area contributed by atoms with Crippen LogP contribution >= 0.6 is 0 Å². The molecule has 1 aromatic carbocycles. The highest BCUT2D eigenvalue weighted by molar-refractivity contribution is 5.85. The van der Waals surface area contributed by atoms with Crippen molar-refractivity contribution < 1.29 is 4.39 Å². The lowest BCUT2D eigenvalue weighted by atomic mass is 10.0. The van der Waals surface area contributed by atoms with Crippen LogP contribution in [0.15, 0.2) is 41.5 Å². The molecule has 1 saturated heterocycles. The number of aromatic nitrogens is 5. The van der Waals surface area contributed by atoms with Crippen LogP contribution in [0.4, 0.5) is 4.39 Å². The minimum absolute atomic E-state index is 0.247. The van der Waals surface area contributed by atoms with E-state index in [1.54, 1.807) is 16.8 Å². The molecule has 2 atom stereocenters. The number of piperidine rings is 1. The van der Waals surface area contributed by atoms with Gasteiger partial charge < -0.3 is 5.32 Å². The van der Waals surface area contributed by atoms with Crippen LogP contribution < -0.4 is 10.9 Å². The van der Waals surface area contributed by atoms with Gasteiger partial charge in [-0.3, -0.25) is 4.79 Å². The SMILES string of the molecule is Cc1cn2nc(-c3ccc4c(=O)n([C@@H]5CCNC[C@@H]5F)ncc4c3)cc(C)c2n1. The average Bonchev–Trinajstić information content (AvgIpc) is 3.10. The zero-order chi connectivity index (χ0) is 20.1. The standard InChI is InChI=1S/C21H21FN6O/c1-12-7-18(26-27-11-13(2)25-20(12)27)14-3-4-16-15(8-14)9-24-28(21(16)29)19-5-6-23-10-17(19)22/h3-4,7-9,11,17,19,23H,5-6,10H2,1-2H3/t17-,19+/m0/s1. The van der Waals surface area contributed by atoms with Gasteiger partial charge in [0, 0.05) is 17.5 Å². The van der Waals surface area contributed by atoms with Gasteiger partial charge in [-0.1, -0.05) is 6.07 Å². The van der Waals surface area contributed by atoms with Crippen molar-refractivity contribution in [1.82, 2.24) is 29.7 Å². The van der Waals surface area contributed by atoms with Gasteiger partial charge in [-0.15, -0.1) is 0 Å². The van der Waals surface area contributed by atoms with E-state index in [1.165, 1.54) is 4.68 Å². The summed E-state index contributed by atoms with van der Waals surface area (Å²) in [6.07, 6.45) is 2.95. The fraction of sp³-hybridized carbons (Fsp3) is 0.333. The normalized spacial score (nSPS) is 19.8. The maximum absolute atomic E-state index is 14.3. The molecular formula is C21H21FN6O. The fourth-order valence-electron chi connectivity index (χ4n) is 4.03. The molecule has 0 aliphatic carbocycles. The summed E-state index contributed by atoms with van der Waals surface area (Å²) < 4.78 is 17.4. The van der Waals surface area contributed by atoms with E-state index in [0.717, 1.165) is 33.5 Å². The smallest absolute Gasteiger partial charge is 0.274 e. The zero-order valence-corrected chi connectivity index (χ0v) is 16.3. The molecule has 5 rings (SSSR count). The summed E-state index contributed by atoms with van der Waals surface area (Å²) in [5, 5.41) is 13.2. The monoisotopic (exact) mass is 392 g/mol. The highest BCUT2D eigenvalue weighted by Gasteiger charge is 2.28. The number of nitrogens with zero attached hydrogens (tertiary/aromatic N) is 5. The minimum Gasteiger partial charge on any atom is -0.314 e. The molecule has 3 aromatic heterocycles. The maximum Gasteiger partial charge on any atom is 0.274 e. The van der Waals surface area contributed by atoms with Crippen LogP contribution in [-0.4, -0.2) is 43.6 Å². The largest absolute Gasteiger partial charge is 0.314 e. The lowest BCUT2D eigenvalue weighted by molar-refractivity contribution is 0.169. The van der Waals surface area contributed by atoms with E-state index < -0.39 is 12.2 Å². The predicted octanol–water partition coefficient (Wildman–Crippen LogP) is 2.60. The van der Waals surface area contributed by atoms with Crippen LogP contribution in [-0.2, 0) is 0 Å². The Labute approximate surface area is 166 Å². The van der Waals surface area contributed by atoms with Crippen molar-refractivity contribution in [3.05, 3.63) is 58.3 Å². The third-order valence-electron chi connectivity index (χ3n) is 5.52. The van der Waals surface area contributed by atoms with Gasteiger partial charge in [0.25, 0.3) is 5.56 Å². The third-order valence-corrected chi connectivity index (χ3v) is 5.52. The molecule has 0 saturated carbocycles. The number of hydrogen-bond donors (Lipinski definition) is 1. The molecule has 0 bridgehead atoms. The van der Waals surface area contributed by atoms with Crippen molar-refractivity contribution >= 4 is 16.4 Å². The van der Waals surface area contributed by atoms with Crippen molar-refractivity contribution in [3.8, 4) is 11.3 Å². The van der Waals surface area contributed by atoms with E-state index in [9.17, 15) is 9.18 Å². The number of rotatable bonds is 2. The lowest BCUT2D eigenvalue weighted by Crippen LogP contribution is -2.43. The van der Waals surface area contributed by atoms with Gasteiger partial charge in [-0.25, -0.2) is 18.6 Å². The number of benzene rings is 1. The number of nitrogens with one attached hydrogen (secondary N) is 1. The fourth-order valence-corrected chi connectivity index (χ4v) is 4.03. The summed E-state index contributed by atoms with van der Waals surface area (Å²) in [7, 11) is 0. The first-order valence-electron chi connectivity index (χ1n) is 9.71. The molecule has 0 radical (unpaired) electrons. The second-order valence-electron chi connectivity index (χ2n) is 7.64. The van der Waals surface area contributed by atoms with E-state index in [0.29, 0.717) is 18.4 Å². The highest BCUT2D eigenvalue weighted by atomic mass is 19.1. The molecule has 4 aromatic rings. The second-order valence-corrected chi connectivity index (χ2v) is 7.64. The molecule has 29 heavy (non-hydrogen) atoms. The number of halogens is 1. The number of hydrogen-bond acceptors (Lipinski definition) is 5. The Bertz CT molecular complexity index is 1290. The van der Waals surface area contributed by atoms with E-state index in [2.05, 4.69) is 20.5 Å². The summed E-state index contributed by atoms with van der Waals surface area (Å²) in [5.41, 5.74) is 4.19. The van der Waals surface area contributed by atoms with Gasteiger partial charge in [-0.2, -0.15) is 10.2 Å². The number of fused-ring (bicyclic) bond motifs is 2. The van der Waals surface area contributed by atoms with Gasteiger partial charge in [0.05, 0.1) is 35.2 Å². The van der Waals surface area contributed by atoms with E-state index in [1.807, 2.05) is 38.2 Å². The molecule has 8 heteroatoms. The van der Waals surface area contributed by atoms with E-state index >= 15 is 0 Å². The Balaban J connectivity index is 1.59. The first kappa shape index (κ1) is 17.9. The van der Waals surface area contributed by atoms with Crippen LogP contribution in [0.1, 0.15) is 23.7 Å². The maximum atomic E-state index is 14.3. The summed E-state index contributed by atoms with van der Waals surface area (Å²) in [6, 6.07) is 7.02. The molecule has 1 aliphatic heterocycles. The van der Waals surface area contributed by atoms with Crippen molar-refractivity contribution in [2.45, 2.75) is 32.5 Å². The molecule has 0 spiro atoms. The van der Waals surface area contributed by atoms with Gasteiger partial charge in [-0.05, 0) is 50.6 Å². The molecule has 1 N–H and O–H groups in total. The Kier molecular flexibility index (Phi) is 4.16. The van der Waals surface area contributed by atoms with Crippen molar-refractivity contribution in [1.29, 1.82) is 0 Å². The second kappa shape index (κ2) is 6.73. The van der Waals surface area contributed by atoms with Crippen LogP contribution in [0.25, 0.3) is 27.7 Å². The topological polar surface area (TPSA) is 77.1 Å². The van der Waals surface area contributed by atoms with Crippen molar-refractivity contribution in [3.63, 3.8) is 0 Å². The van der Waals surface area contributed by atoms with Crippen LogP contribution in [0.5, 0.6) is 0 Å². The molecule has 148 valence electrons. The number of alkyl halides is 1. The molecule has 4 heterocycles. The Morgan fingerprint density at radius 2 is 2.10 bits per heavy atom. The summed E-state index contributed by atoms with van der Waals surface area (Å²) in [4.78, 5) is 17.4. The quantitative estimate of drug-likeness (QED) is 0.567. The summed E-state index contributed by atoms with van der Waals surface area (Å²) in [5.74, 6) is 0. The van der Waals surface area contributed by atoms with Gasteiger partial charge in [0.2, 0.25) is 0 Å². The van der Waals surface area contributed by atoms with Gasteiger partial charge in [0.1, 0.15) is 6.17 Å². The minimum atomic E-state index is -1.12. The Morgan fingerprint density at radius 3 is 2.93 bits per heavy atom. The lowest BCUT2D eigenvalue weighted by Gasteiger charge is -2.27. The van der Waals surface area contributed by atoms with Crippen LogP contribution in [0.2, 0.25) is 0 Å². The molecular weight excluding hydrogens is 371 g/mol. The number of aryl methyl sites for hydroxylation is 2. The van der Waals surface area contributed by atoms with Gasteiger partial charge >= 0.3 is 0 Å². The zero-order valence-electron chi connectivity index (χ0n) is 16.3. The van der Waals surface area contributed by atoms with Crippen LogP contribution in [0, 0.1) is 13.8 Å². The Hall–Kier alpha value is -3.13. The molecule has 0 amide bonds. The van der Waals surface area contributed by atoms with Crippen molar-refractivity contribution in [2.75, 3.05) is 13.1 Å². The van der Waals surface area contributed by atoms with Crippen molar-refractivity contribution in [2.24, 2.45) is 0 Å². The third kappa shape index (κ3) is 3.00. The molecule has 0 unspecified atom stereocenters. The highest BCUT2D eigenvalue weighted by Crippen LogP contribution is 2.25. The molecule has 7 nitrogen and oxygen atoms in total. The van der Waals surface area contributed by atoms with Gasteiger partial charge in [0.15, 0.2) is 5.65 Å². The first-order chi connectivity index (χ1) is 14.0. The van der Waals surface area contributed by atoms with E-state index in [-0.39, 0.29) is 12.1 Å². The average molecular weight is 392 g/mol. The molecule has 1 aliphatic rings. The molecule has 1 fully saturated rings. The summed E-state index contributed by atoms with van der Waals surface area (Å²) in [6.45, 7) is 4.86. The van der Waals surface area contributed by atoms with Crippen LogP contribution in [0.3, 0.4) is 0 Å². The summed E-state index contributed by atoms with van der Waals surface area (Å²) >= 11 is 0. The van der Waals surface area contributed by atoms with E-state index in [4.69, 9.17) is 0 Å². The predicted molar refractivity (Wildman–Crippen MR) is 109 cm³/mol.